The van der Waals surface area contributed by atoms with Crippen LogP contribution in [0.25, 0.3) is 0 Å². The molecule has 17 heavy (non-hydrogen) atoms. The lowest BCUT2D eigenvalue weighted by atomic mass is 10.3. The fourth-order valence-corrected chi connectivity index (χ4v) is 4.89. The average Bonchev–Trinajstić information content (AvgIpc) is 2.78. The van der Waals surface area contributed by atoms with E-state index in [4.69, 9.17) is 11.6 Å². The molecule has 1 aromatic heterocycles. The first-order valence-corrected chi connectivity index (χ1v) is 8.48. The molecule has 0 aliphatic heterocycles. The Bertz CT molecular complexity index is 456. The minimum Gasteiger partial charge on any atom is -0.206 e. The van der Waals surface area contributed by atoms with E-state index in [1.165, 1.54) is 15.6 Å². The highest BCUT2D eigenvalue weighted by Crippen LogP contribution is 2.26. The number of alkyl halides is 1. The highest BCUT2D eigenvalue weighted by atomic mass is 35.5. The molecule has 6 heteroatoms. The zero-order valence-corrected chi connectivity index (χ0v) is 12.7. The van der Waals surface area contributed by atoms with Gasteiger partial charge in [0.1, 0.15) is 4.21 Å². The standard InChI is InChI=1S/C11H18ClNO2S2/c1-4-9(3)13(5-2)17(14,15)11-6-10(7-12)8-16-11/h6,8-9H,4-5,7H2,1-3H3. The Hall–Kier alpha value is -0.100. The predicted octanol–water partition coefficient (Wildman–Crippen LogP) is 3.30. The minimum absolute atomic E-state index is 0.0200. The summed E-state index contributed by atoms with van der Waals surface area (Å²) in [5.74, 6) is 0.349. The number of hydrogen-bond donors (Lipinski definition) is 0. The van der Waals surface area contributed by atoms with Gasteiger partial charge < -0.3 is 0 Å². The van der Waals surface area contributed by atoms with E-state index in [-0.39, 0.29) is 6.04 Å². The predicted molar refractivity (Wildman–Crippen MR) is 73.2 cm³/mol. The molecule has 0 fully saturated rings. The molecule has 0 saturated heterocycles. The Balaban J connectivity index is 3.08. The molecule has 0 spiro atoms. The summed E-state index contributed by atoms with van der Waals surface area (Å²) in [6.45, 7) is 6.27. The summed E-state index contributed by atoms with van der Waals surface area (Å²) in [5, 5.41) is 1.80. The molecule has 0 aliphatic carbocycles. The van der Waals surface area contributed by atoms with E-state index < -0.39 is 10.0 Å². The number of thiophene rings is 1. The average molecular weight is 296 g/mol. The molecule has 1 rings (SSSR count). The molecular weight excluding hydrogens is 278 g/mol. The molecule has 0 N–H and O–H groups in total. The molecule has 1 aromatic rings. The monoisotopic (exact) mass is 295 g/mol. The van der Waals surface area contributed by atoms with Crippen LogP contribution in [0.2, 0.25) is 0 Å². The van der Waals surface area contributed by atoms with E-state index in [9.17, 15) is 8.42 Å². The molecule has 0 amide bonds. The van der Waals surface area contributed by atoms with Crippen LogP contribution in [-0.2, 0) is 15.9 Å². The van der Waals surface area contributed by atoms with Crippen LogP contribution in [0.4, 0.5) is 0 Å². The van der Waals surface area contributed by atoms with E-state index >= 15 is 0 Å². The summed E-state index contributed by atoms with van der Waals surface area (Å²) in [4.78, 5) is 0. The molecule has 0 saturated carbocycles. The summed E-state index contributed by atoms with van der Waals surface area (Å²) in [7, 11) is -3.36. The van der Waals surface area contributed by atoms with Gasteiger partial charge in [-0.1, -0.05) is 13.8 Å². The van der Waals surface area contributed by atoms with Gasteiger partial charge in [-0.3, -0.25) is 0 Å². The number of nitrogens with zero attached hydrogens (tertiary/aromatic N) is 1. The molecule has 98 valence electrons. The summed E-state index contributed by atoms with van der Waals surface area (Å²) in [6.07, 6.45) is 0.806. The largest absolute Gasteiger partial charge is 0.252 e. The summed E-state index contributed by atoms with van der Waals surface area (Å²) >= 11 is 6.93. The smallest absolute Gasteiger partial charge is 0.206 e. The van der Waals surface area contributed by atoms with E-state index in [0.717, 1.165) is 12.0 Å². The Morgan fingerprint density at radius 2 is 2.12 bits per heavy atom. The SMILES string of the molecule is CCC(C)N(CC)S(=O)(=O)c1cc(CCl)cs1. The lowest BCUT2D eigenvalue weighted by molar-refractivity contribution is 0.343. The van der Waals surface area contributed by atoms with Crippen LogP contribution in [-0.4, -0.2) is 25.3 Å². The maximum Gasteiger partial charge on any atom is 0.252 e. The second kappa shape index (κ2) is 6.18. The van der Waals surface area contributed by atoms with Crippen molar-refractivity contribution in [2.75, 3.05) is 6.54 Å². The number of halogens is 1. The molecule has 0 aromatic carbocycles. The van der Waals surface area contributed by atoms with Crippen molar-refractivity contribution in [3.63, 3.8) is 0 Å². The van der Waals surface area contributed by atoms with Crippen LogP contribution in [0, 0.1) is 0 Å². The Morgan fingerprint density at radius 1 is 1.47 bits per heavy atom. The molecule has 0 bridgehead atoms. The zero-order valence-electron chi connectivity index (χ0n) is 10.3. The van der Waals surface area contributed by atoms with Gasteiger partial charge in [0.2, 0.25) is 0 Å². The Morgan fingerprint density at radius 3 is 2.53 bits per heavy atom. The number of sulfonamides is 1. The molecule has 0 radical (unpaired) electrons. The third-order valence-corrected chi connectivity index (χ3v) is 6.60. The van der Waals surface area contributed by atoms with Gasteiger partial charge in [-0.2, -0.15) is 4.31 Å². The Labute approximate surface area is 112 Å². The molecule has 1 heterocycles. The molecule has 0 aliphatic rings. The lowest BCUT2D eigenvalue weighted by Gasteiger charge is -2.25. The van der Waals surface area contributed by atoms with Crippen LogP contribution in [0.5, 0.6) is 0 Å². The van der Waals surface area contributed by atoms with E-state index in [0.29, 0.717) is 16.6 Å². The van der Waals surface area contributed by atoms with Gasteiger partial charge >= 0.3 is 0 Å². The highest BCUT2D eigenvalue weighted by molar-refractivity contribution is 7.91. The highest BCUT2D eigenvalue weighted by Gasteiger charge is 2.28. The van der Waals surface area contributed by atoms with Crippen LogP contribution >= 0.6 is 22.9 Å². The number of hydrogen-bond acceptors (Lipinski definition) is 3. The van der Waals surface area contributed by atoms with E-state index in [1.54, 1.807) is 11.4 Å². The summed E-state index contributed by atoms with van der Waals surface area (Å²) < 4.78 is 26.7. The Kier molecular flexibility index (Phi) is 5.44. The first kappa shape index (κ1) is 15.0. The number of rotatable bonds is 6. The summed E-state index contributed by atoms with van der Waals surface area (Å²) in [6, 6.07) is 1.68. The van der Waals surface area contributed by atoms with Crippen LogP contribution in [0.3, 0.4) is 0 Å². The second-order valence-electron chi connectivity index (χ2n) is 3.87. The van der Waals surface area contributed by atoms with Gasteiger partial charge in [0.05, 0.1) is 0 Å². The molecule has 3 nitrogen and oxygen atoms in total. The first-order chi connectivity index (χ1) is 7.97. The van der Waals surface area contributed by atoms with E-state index in [2.05, 4.69) is 0 Å². The first-order valence-electron chi connectivity index (χ1n) is 5.62. The van der Waals surface area contributed by atoms with Crippen molar-refractivity contribution < 1.29 is 8.42 Å². The minimum atomic E-state index is -3.36. The molecule has 1 unspecified atom stereocenters. The van der Waals surface area contributed by atoms with Crippen LogP contribution in [0.1, 0.15) is 32.8 Å². The van der Waals surface area contributed by atoms with Crippen LogP contribution < -0.4 is 0 Å². The van der Waals surface area contributed by atoms with Gasteiger partial charge in [0.15, 0.2) is 0 Å². The van der Waals surface area contributed by atoms with Crippen molar-refractivity contribution in [1.82, 2.24) is 4.31 Å². The van der Waals surface area contributed by atoms with Crippen molar-refractivity contribution in [3.05, 3.63) is 17.0 Å². The maximum atomic E-state index is 12.4. The zero-order chi connectivity index (χ0) is 13.1. The normalized spacial score (nSPS) is 14.2. The summed E-state index contributed by atoms with van der Waals surface area (Å²) in [5.41, 5.74) is 0.857. The quantitative estimate of drug-likeness (QED) is 0.755. The van der Waals surface area contributed by atoms with Gasteiger partial charge in [-0.25, -0.2) is 8.42 Å². The van der Waals surface area contributed by atoms with Crippen molar-refractivity contribution >= 4 is 33.0 Å². The van der Waals surface area contributed by atoms with Crippen molar-refractivity contribution in [3.8, 4) is 0 Å². The molecular formula is C11H18ClNO2S2. The van der Waals surface area contributed by atoms with Gasteiger partial charge in [0, 0.05) is 18.5 Å². The maximum absolute atomic E-state index is 12.4. The molecule has 1 atom stereocenters. The topological polar surface area (TPSA) is 37.4 Å². The fraction of sp³-hybridized carbons (Fsp3) is 0.636. The van der Waals surface area contributed by atoms with E-state index in [1.807, 2.05) is 20.8 Å². The van der Waals surface area contributed by atoms with Crippen molar-refractivity contribution in [2.24, 2.45) is 0 Å². The van der Waals surface area contributed by atoms with Crippen molar-refractivity contribution in [2.45, 2.75) is 43.3 Å². The van der Waals surface area contributed by atoms with Crippen LogP contribution in [0.15, 0.2) is 15.7 Å². The third-order valence-electron chi connectivity index (χ3n) is 2.74. The van der Waals surface area contributed by atoms with Gasteiger partial charge in [0.25, 0.3) is 10.0 Å². The van der Waals surface area contributed by atoms with Gasteiger partial charge in [-0.05, 0) is 30.4 Å². The van der Waals surface area contributed by atoms with Gasteiger partial charge in [-0.15, -0.1) is 22.9 Å². The lowest BCUT2D eigenvalue weighted by Crippen LogP contribution is -2.37. The second-order valence-corrected chi connectivity index (χ2v) is 7.17. The third kappa shape index (κ3) is 3.22. The fourth-order valence-electron chi connectivity index (χ4n) is 1.60. The van der Waals surface area contributed by atoms with Crippen molar-refractivity contribution in [1.29, 1.82) is 0 Å².